The van der Waals surface area contributed by atoms with Crippen LogP contribution in [0.3, 0.4) is 0 Å². The number of piperazine rings is 1. The van der Waals surface area contributed by atoms with Crippen LogP contribution in [0.25, 0.3) is 11.3 Å². The van der Waals surface area contributed by atoms with Gasteiger partial charge in [-0.25, -0.2) is 15.0 Å². The molecule has 2 N–H and O–H groups in total. The smallest absolute Gasteiger partial charge is 0.227 e. The zero-order valence-corrected chi connectivity index (χ0v) is 17.2. The quantitative estimate of drug-likeness (QED) is 0.799. The van der Waals surface area contributed by atoms with Crippen molar-refractivity contribution in [1.82, 2.24) is 24.8 Å². The molecule has 3 saturated heterocycles. The van der Waals surface area contributed by atoms with Gasteiger partial charge in [-0.05, 0) is 19.3 Å². The topological polar surface area (TPSA) is 96.5 Å². The van der Waals surface area contributed by atoms with Gasteiger partial charge in [0, 0.05) is 62.8 Å². The van der Waals surface area contributed by atoms with E-state index in [2.05, 4.69) is 30.7 Å². The number of rotatable bonds is 4. The third kappa shape index (κ3) is 3.26. The van der Waals surface area contributed by atoms with Gasteiger partial charge in [0.1, 0.15) is 5.82 Å². The molecule has 2 atom stereocenters. The molecule has 30 heavy (non-hydrogen) atoms. The summed E-state index contributed by atoms with van der Waals surface area (Å²) in [7, 11) is 0. The van der Waals surface area contributed by atoms with E-state index in [1.807, 2.05) is 0 Å². The number of hydrogen-bond acceptors (Lipinski definition) is 9. The van der Waals surface area contributed by atoms with Gasteiger partial charge in [-0.2, -0.15) is 4.98 Å². The third-order valence-electron chi connectivity index (χ3n) is 7.05. The van der Waals surface area contributed by atoms with Gasteiger partial charge < -0.3 is 20.3 Å². The van der Waals surface area contributed by atoms with Crippen LogP contribution in [-0.4, -0.2) is 82.4 Å². The molecule has 2 aromatic heterocycles. The first-order valence-corrected chi connectivity index (χ1v) is 11.1. The molecule has 6 rings (SSSR count). The minimum atomic E-state index is 0.273. The van der Waals surface area contributed by atoms with Crippen LogP contribution in [-0.2, 0) is 4.74 Å². The molecule has 0 unspecified atom stereocenters. The van der Waals surface area contributed by atoms with Gasteiger partial charge in [-0.3, -0.25) is 4.90 Å². The maximum Gasteiger partial charge on any atom is 0.227 e. The van der Waals surface area contributed by atoms with Crippen molar-refractivity contribution in [3.8, 4) is 11.3 Å². The Morgan fingerprint density at radius 1 is 1.00 bits per heavy atom. The van der Waals surface area contributed by atoms with Crippen molar-refractivity contribution in [2.75, 3.05) is 54.9 Å². The molecule has 2 aromatic rings. The maximum absolute atomic E-state index is 5.79. The minimum Gasteiger partial charge on any atom is -0.374 e. The Bertz CT molecular complexity index is 910. The van der Waals surface area contributed by atoms with Crippen molar-refractivity contribution in [2.45, 2.75) is 43.9 Å². The fourth-order valence-electron chi connectivity index (χ4n) is 5.05. The zero-order chi connectivity index (χ0) is 20.1. The highest BCUT2D eigenvalue weighted by Crippen LogP contribution is 2.34. The average Bonchev–Trinajstić information content (AvgIpc) is 3.37. The molecule has 1 saturated carbocycles. The number of nitrogens with zero attached hydrogens (tertiary/aromatic N) is 7. The highest BCUT2D eigenvalue weighted by atomic mass is 16.5. The van der Waals surface area contributed by atoms with Gasteiger partial charge in [0.25, 0.3) is 0 Å². The van der Waals surface area contributed by atoms with Crippen LogP contribution in [0.15, 0.2) is 18.5 Å². The zero-order valence-electron chi connectivity index (χ0n) is 17.2. The normalized spacial score (nSPS) is 26.9. The van der Waals surface area contributed by atoms with Crippen molar-refractivity contribution in [3.63, 3.8) is 0 Å². The summed E-state index contributed by atoms with van der Waals surface area (Å²) in [5.41, 5.74) is 7.40. The van der Waals surface area contributed by atoms with E-state index in [4.69, 9.17) is 20.4 Å². The summed E-state index contributed by atoms with van der Waals surface area (Å²) in [4.78, 5) is 25.6. The summed E-state index contributed by atoms with van der Waals surface area (Å²) in [5, 5.41) is 0. The molecule has 0 aromatic carbocycles. The molecule has 4 fully saturated rings. The molecule has 3 aliphatic heterocycles. The summed E-state index contributed by atoms with van der Waals surface area (Å²) in [6.07, 6.45) is 8.98. The Balaban J connectivity index is 1.30. The van der Waals surface area contributed by atoms with Crippen LogP contribution < -0.4 is 15.5 Å². The fourth-order valence-corrected chi connectivity index (χ4v) is 5.05. The summed E-state index contributed by atoms with van der Waals surface area (Å²) in [6, 6.07) is 3.26. The Morgan fingerprint density at radius 2 is 1.80 bits per heavy atom. The van der Waals surface area contributed by atoms with E-state index >= 15 is 0 Å². The first kappa shape index (κ1) is 18.3. The molecule has 0 amide bonds. The molecule has 9 heteroatoms. The number of ether oxygens (including phenoxy) is 1. The van der Waals surface area contributed by atoms with Crippen LogP contribution in [0.1, 0.15) is 25.7 Å². The van der Waals surface area contributed by atoms with Gasteiger partial charge in [0.15, 0.2) is 0 Å². The van der Waals surface area contributed by atoms with Gasteiger partial charge in [-0.15, -0.1) is 0 Å². The van der Waals surface area contributed by atoms with E-state index in [0.29, 0.717) is 12.1 Å². The van der Waals surface area contributed by atoms with Crippen LogP contribution in [0.2, 0.25) is 0 Å². The number of anilines is 3. The Kier molecular flexibility index (Phi) is 4.45. The molecule has 1 aliphatic carbocycles. The SMILES string of the molecule is Nc1ncc(-c2cc(N3C[C@@H]4C[C@H]3CO4)nc(N3CCN(C4CCC4)CC3)n2)cn1. The molecule has 2 bridgehead atoms. The Morgan fingerprint density at radius 3 is 2.43 bits per heavy atom. The Labute approximate surface area is 176 Å². The fraction of sp³-hybridized carbons (Fsp3) is 0.619. The molecule has 0 spiro atoms. The summed E-state index contributed by atoms with van der Waals surface area (Å²) in [6.45, 7) is 5.78. The van der Waals surface area contributed by atoms with Crippen molar-refractivity contribution in [1.29, 1.82) is 0 Å². The summed E-state index contributed by atoms with van der Waals surface area (Å²) >= 11 is 0. The summed E-state index contributed by atoms with van der Waals surface area (Å²) in [5.74, 6) is 2.05. The second kappa shape index (κ2) is 7.31. The van der Waals surface area contributed by atoms with Crippen molar-refractivity contribution >= 4 is 17.7 Å². The lowest BCUT2D eigenvalue weighted by Crippen LogP contribution is -2.52. The monoisotopic (exact) mass is 408 g/mol. The number of nitrogen functional groups attached to an aromatic ring is 1. The first-order valence-electron chi connectivity index (χ1n) is 11.1. The lowest BCUT2D eigenvalue weighted by Gasteiger charge is -2.43. The van der Waals surface area contributed by atoms with Gasteiger partial charge in [0.2, 0.25) is 11.9 Å². The lowest BCUT2D eigenvalue weighted by atomic mass is 9.91. The standard InChI is InChI=1S/C21H28N8O/c22-20-23-10-14(11-24-20)18-9-19(29-12-17-8-16(29)13-30-17)26-21(25-18)28-6-4-27(5-7-28)15-2-1-3-15/h9-11,15-17H,1-8,12-13H2,(H2,22,23,24)/t16-,17-/m0/s1. The second-order valence-electron chi connectivity index (χ2n) is 8.85. The van der Waals surface area contributed by atoms with E-state index in [1.54, 1.807) is 12.4 Å². The Hall–Kier alpha value is -2.52. The second-order valence-corrected chi connectivity index (χ2v) is 8.85. The van der Waals surface area contributed by atoms with E-state index in [-0.39, 0.29) is 5.95 Å². The molecular weight excluding hydrogens is 380 g/mol. The molecule has 4 aliphatic rings. The van der Waals surface area contributed by atoms with Gasteiger partial charge in [0.05, 0.1) is 24.4 Å². The van der Waals surface area contributed by atoms with E-state index in [0.717, 1.165) is 74.8 Å². The molecule has 5 heterocycles. The third-order valence-corrected chi connectivity index (χ3v) is 7.05. The number of fused-ring (bicyclic) bond motifs is 2. The predicted octanol–water partition coefficient (Wildman–Crippen LogP) is 1.17. The van der Waals surface area contributed by atoms with Crippen molar-refractivity contribution in [3.05, 3.63) is 18.5 Å². The maximum atomic E-state index is 5.79. The number of hydrogen-bond donors (Lipinski definition) is 1. The predicted molar refractivity (Wildman–Crippen MR) is 114 cm³/mol. The minimum absolute atomic E-state index is 0.273. The number of aromatic nitrogens is 4. The highest BCUT2D eigenvalue weighted by molar-refractivity contribution is 5.64. The van der Waals surface area contributed by atoms with E-state index in [1.165, 1.54) is 19.3 Å². The van der Waals surface area contributed by atoms with Gasteiger partial charge >= 0.3 is 0 Å². The molecule has 158 valence electrons. The van der Waals surface area contributed by atoms with Crippen LogP contribution in [0.4, 0.5) is 17.7 Å². The number of nitrogens with two attached hydrogens (primary N) is 1. The molecule has 9 nitrogen and oxygen atoms in total. The average molecular weight is 409 g/mol. The molecular formula is C21H28N8O. The first-order chi connectivity index (χ1) is 14.7. The largest absolute Gasteiger partial charge is 0.374 e. The van der Waals surface area contributed by atoms with Crippen LogP contribution in [0, 0.1) is 0 Å². The van der Waals surface area contributed by atoms with Crippen LogP contribution in [0.5, 0.6) is 0 Å². The lowest BCUT2D eigenvalue weighted by molar-refractivity contribution is 0.0989. The van der Waals surface area contributed by atoms with Crippen LogP contribution >= 0.6 is 0 Å². The van der Waals surface area contributed by atoms with E-state index < -0.39 is 0 Å². The van der Waals surface area contributed by atoms with Crippen molar-refractivity contribution < 1.29 is 4.74 Å². The number of morpholine rings is 1. The highest BCUT2D eigenvalue weighted by Gasteiger charge is 2.40. The van der Waals surface area contributed by atoms with Crippen molar-refractivity contribution in [2.24, 2.45) is 0 Å². The van der Waals surface area contributed by atoms with Gasteiger partial charge in [-0.1, -0.05) is 6.42 Å². The molecule has 0 radical (unpaired) electrons. The van der Waals surface area contributed by atoms with E-state index in [9.17, 15) is 0 Å². The summed E-state index contributed by atoms with van der Waals surface area (Å²) < 4.78 is 5.79.